The number of carbonyl (C=O) groups is 2. The summed E-state index contributed by atoms with van der Waals surface area (Å²) in [5.74, 6) is 1.03. The molecule has 1 aliphatic heterocycles. The van der Waals surface area contributed by atoms with Crippen LogP contribution >= 0.6 is 11.8 Å². The third kappa shape index (κ3) is 4.42. The highest BCUT2D eigenvalue weighted by molar-refractivity contribution is 7.99. The van der Waals surface area contributed by atoms with Gasteiger partial charge in [-0.1, -0.05) is 0 Å². The first kappa shape index (κ1) is 12.2. The van der Waals surface area contributed by atoms with Gasteiger partial charge in [0.15, 0.2) is 0 Å². The second-order valence-electron chi connectivity index (χ2n) is 3.59. The summed E-state index contributed by atoms with van der Waals surface area (Å²) in [5, 5.41) is 13.7. The zero-order chi connectivity index (χ0) is 11.3. The third-order valence-corrected chi connectivity index (χ3v) is 3.43. The Labute approximate surface area is 93.0 Å². The number of amides is 2. The highest BCUT2D eigenvalue weighted by atomic mass is 32.2. The van der Waals surface area contributed by atoms with Gasteiger partial charge in [0.05, 0.1) is 0 Å². The molecule has 0 aromatic rings. The third-order valence-electron chi connectivity index (χ3n) is 2.21. The van der Waals surface area contributed by atoms with Gasteiger partial charge in [-0.05, 0) is 25.5 Å². The van der Waals surface area contributed by atoms with Crippen molar-refractivity contribution in [1.29, 1.82) is 0 Å². The first-order valence-electron chi connectivity index (χ1n) is 4.97. The summed E-state index contributed by atoms with van der Waals surface area (Å²) in [6, 6.07) is -1.07. The van der Waals surface area contributed by atoms with Gasteiger partial charge in [0.2, 0.25) is 0 Å². The van der Waals surface area contributed by atoms with Crippen molar-refractivity contribution in [3.8, 4) is 0 Å². The number of rotatable bonds is 3. The second-order valence-corrected chi connectivity index (χ2v) is 4.74. The lowest BCUT2D eigenvalue weighted by Crippen LogP contribution is -2.49. The van der Waals surface area contributed by atoms with E-state index in [9.17, 15) is 9.59 Å². The molecule has 1 unspecified atom stereocenters. The topological polar surface area (TPSA) is 78.4 Å². The van der Waals surface area contributed by atoms with E-state index in [0.717, 1.165) is 24.3 Å². The van der Waals surface area contributed by atoms with E-state index in [4.69, 9.17) is 5.11 Å². The van der Waals surface area contributed by atoms with Crippen LogP contribution in [-0.2, 0) is 4.79 Å². The maximum atomic E-state index is 11.3. The van der Waals surface area contributed by atoms with Crippen molar-refractivity contribution in [2.24, 2.45) is 0 Å². The Morgan fingerprint density at radius 3 is 2.80 bits per heavy atom. The first-order chi connectivity index (χ1) is 7.09. The number of hydrogen-bond acceptors (Lipinski definition) is 3. The number of carboxylic acids is 1. The lowest BCUT2D eigenvalue weighted by molar-refractivity contribution is -0.138. The van der Waals surface area contributed by atoms with Gasteiger partial charge in [-0.25, -0.2) is 4.79 Å². The molecule has 6 heteroatoms. The smallest absolute Gasteiger partial charge is 0.325 e. The Morgan fingerprint density at radius 2 is 2.27 bits per heavy atom. The average Bonchev–Trinajstić information content (AvgIpc) is 2.18. The minimum absolute atomic E-state index is 0.171. The van der Waals surface area contributed by atoms with Crippen molar-refractivity contribution < 1.29 is 14.7 Å². The molecule has 0 saturated carbocycles. The molecule has 1 fully saturated rings. The van der Waals surface area contributed by atoms with Crippen molar-refractivity contribution in [2.75, 3.05) is 11.5 Å². The molecule has 0 aromatic heterocycles. The van der Waals surface area contributed by atoms with Gasteiger partial charge < -0.3 is 15.7 Å². The molecule has 0 radical (unpaired) electrons. The highest BCUT2D eigenvalue weighted by Gasteiger charge is 2.18. The molecular formula is C9H16N2O3S. The van der Waals surface area contributed by atoms with Crippen molar-refractivity contribution in [2.45, 2.75) is 31.8 Å². The van der Waals surface area contributed by atoms with Crippen LogP contribution in [0, 0.1) is 0 Å². The zero-order valence-corrected chi connectivity index (χ0v) is 9.47. The van der Waals surface area contributed by atoms with E-state index in [1.165, 1.54) is 6.92 Å². The van der Waals surface area contributed by atoms with Crippen LogP contribution in [0.5, 0.6) is 0 Å². The fraction of sp³-hybridized carbons (Fsp3) is 0.778. The molecular weight excluding hydrogens is 216 g/mol. The molecule has 86 valence electrons. The number of urea groups is 1. The first-order valence-corrected chi connectivity index (χ1v) is 6.12. The summed E-state index contributed by atoms with van der Waals surface area (Å²) in [6.45, 7) is 1.44. The van der Waals surface area contributed by atoms with Crippen LogP contribution < -0.4 is 10.6 Å². The summed E-state index contributed by atoms with van der Waals surface area (Å²) in [5.41, 5.74) is 0. The number of carboxylic acid groups (broad SMARTS) is 1. The fourth-order valence-corrected chi connectivity index (χ4v) is 2.41. The molecule has 0 spiro atoms. The predicted octanol–water partition coefficient (Wildman–Crippen LogP) is 0.654. The van der Waals surface area contributed by atoms with E-state index >= 15 is 0 Å². The maximum absolute atomic E-state index is 11.3. The summed E-state index contributed by atoms with van der Waals surface area (Å²) >= 11 is 1.81. The number of hydrogen-bond donors (Lipinski definition) is 3. The molecule has 1 saturated heterocycles. The van der Waals surface area contributed by atoms with E-state index in [1.54, 1.807) is 0 Å². The molecule has 5 nitrogen and oxygen atoms in total. The summed E-state index contributed by atoms with van der Waals surface area (Å²) in [6.07, 6.45) is 2.08. The summed E-state index contributed by atoms with van der Waals surface area (Å²) in [7, 11) is 0. The Morgan fingerprint density at radius 1 is 1.53 bits per heavy atom. The lowest BCUT2D eigenvalue weighted by atomic mass is 10.2. The van der Waals surface area contributed by atoms with Gasteiger partial charge >= 0.3 is 12.0 Å². The summed E-state index contributed by atoms with van der Waals surface area (Å²) < 4.78 is 0. The van der Waals surface area contributed by atoms with Crippen LogP contribution in [0.2, 0.25) is 0 Å². The van der Waals surface area contributed by atoms with Crippen molar-refractivity contribution in [3.63, 3.8) is 0 Å². The minimum atomic E-state index is -1.02. The van der Waals surface area contributed by atoms with Crippen LogP contribution in [0.25, 0.3) is 0 Å². The van der Waals surface area contributed by atoms with Crippen LogP contribution in [-0.4, -0.2) is 40.7 Å². The highest BCUT2D eigenvalue weighted by Crippen LogP contribution is 2.16. The van der Waals surface area contributed by atoms with Gasteiger partial charge in [-0.2, -0.15) is 11.8 Å². The van der Waals surface area contributed by atoms with Crippen molar-refractivity contribution in [1.82, 2.24) is 10.6 Å². The minimum Gasteiger partial charge on any atom is -0.480 e. The van der Waals surface area contributed by atoms with Gasteiger partial charge in [0, 0.05) is 11.8 Å². The normalized spacial score (nSPS) is 22.9. The zero-order valence-electron chi connectivity index (χ0n) is 8.66. The van der Waals surface area contributed by atoms with E-state index in [1.807, 2.05) is 11.8 Å². The monoisotopic (exact) mass is 232 g/mol. The predicted molar refractivity (Wildman–Crippen MR) is 59.1 cm³/mol. The van der Waals surface area contributed by atoms with Crippen molar-refractivity contribution >= 4 is 23.8 Å². The van der Waals surface area contributed by atoms with E-state index in [2.05, 4.69) is 10.6 Å². The van der Waals surface area contributed by atoms with E-state index in [0.29, 0.717) is 0 Å². The molecule has 0 aliphatic carbocycles. The Balaban J connectivity index is 2.25. The molecule has 0 bridgehead atoms. The number of carbonyl (C=O) groups excluding carboxylic acids is 1. The SMILES string of the molecule is C[C@@H](NC(=O)NC1CCCSC1)C(=O)O. The summed E-state index contributed by atoms with van der Waals surface area (Å²) in [4.78, 5) is 21.8. The lowest BCUT2D eigenvalue weighted by Gasteiger charge is -2.23. The molecule has 1 heterocycles. The van der Waals surface area contributed by atoms with Gasteiger partial charge in [0.1, 0.15) is 6.04 Å². The molecule has 1 aliphatic rings. The van der Waals surface area contributed by atoms with Crippen LogP contribution in [0.4, 0.5) is 4.79 Å². The second kappa shape index (κ2) is 5.85. The van der Waals surface area contributed by atoms with Crippen LogP contribution in [0.15, 0.2) is 0 Å². The van der Waals surface area contributed by atoms with Gasteiger partial charge in [0.25, 0.3) is 0 Å². The molecule has 3 N–H and O–H groups in total. The van der Waals surface area contributed by atoms with Crippen LogP contribution in [0.1, 0.15) is 19.8 Å². The Bertz CT molecular complexity index is 242. The Hall–Kier alpha value is -0.910. The number of aliphatic carboxylic acids is 1. The van der Waals surface area contributed by atoms with Crippen LogP contribution in [0.3, 0.4) is 0 Å². The molecule has 2 atom stereocenters. The van der Waals surface area contributed by atoms with Crippen molar-refractivity contribution in [3.05, 3.63) is 0 Å². The average molecular weight is 232 g/mol. The molecule has 0 aromatic carbocycles. The van der Waals surface area contributed by atoms with E-state index in [-0.39, 0.29) is 6.04 Å². The quantitative estimate of drug-likeness (QED) is 0.667. The standard InChI is InChI=1S/C9H16N2O3S/c1-6(8(12)13)10-9(14)11-7-3-2-4-15-5-7/h6-7H,2-5H2,1H3,(H,12,13)(H2,10,11,14)/t6-,7?/m1/s1. The largest absolute Gasteiger partial charge is 0.480 e. The van der Waals surface area contributed by atoms with Gasteiger partial charge in [-0.15, -0.1) is 0 Å². The molecule has 1 rings (SSSR count). The van der Waals surface area contributed by atoms with E-state index < -0.39 is 18.0 Å². The number of nitrogens with one attached hydrogen (secondary N) is 2. The molecule has 2 amide bonds. The number of thioether (sulfide) groups is 1. The maximum Gasteiger partial charge on any atom is 0.325 e. The molecule has 15 heavy (non-hydrogen) atoms. The fourth-order valence-electron chi connectivity index (χ4n) is 1.34. The van der Waals surface area contributed by atoms with Gasteiger partial charge in [-0.3, -0.25) is 4.79 Å². The Kier molecular flexibility index (Phi) is 4.74.